The molecule has 22 heavy (non-hydrogen) atoms. The van der Waals surface area contributed by atoms with Gasteiger partial charge in [-0.3, -0.25) is 4.90 Å². The van der Waals surface area contributed by atoms with E-state index in [4.69, 9.17) is 4.74 Å². The van der Waals surface area contributed by atoms with E-state index < -0.39 is 0 Å². The highest BCUT2D eigenvalue weighted by Crippen LogP contribution is 2.20. The molecule has 3 rings (SSSR count). The summed E-state index contributed by atoms with van der Waals surface area (Å²) in [5, 5.41) is 0. The van der Waals surface area contributed by atoms with Gasteiger partial charge in [-0.25, -0.2) is 9.97 Å². The number of aryl methyl sites for hydroxylation is 1. The fourth-order valence-corrected chi connectivity index (χ4v) is 3.06. The average molecular weight is 297 g/mol. The lowest BCUT2D eigenvalue weighted by atomic mass is 10.1. The van der Waals surface area contributed by atoms with Crippen molar-refractivity contribution < 1.29 is 4.74 Å². The Labute approximate surface area is 132 Å². The Morgan fingerprint density at radius 3 is 2.82 bits per heavy atom. The number of nitrogens with zero attached hydrogens (tertiary/aromatic N) is 3. The predicted octanol–water partition coefficient (Wildman–Crippen LogP) is 2.92. The first-order valence-electron chi connectivity index (χ1n) is 7.84. The van der Waals surface area contributed by atoms with Crippen LogP contribution in [0.25, 0.3) is 11.4 Å². The molecule has 4 nitrogen and oxygen atoms in total. The van der Waals surface area contributed by atoms with Gasteiger partial charge in [0.25, 0.3) is 0 Å². The molecule has 0 radical (unpaired) electrons. The summed E-state index contributed by atoms with van der Waals surface area (Å²) < 4.78 is 5.25. The van der Waals surface area contributed by atoms with Crippen molar-refractivity contribution in [1.29, 1.82) is 0 Å². The van der Waals surface area contributed by atoms with E-state index in [1.165, 1.54) is 17.5 Å². The van der Waals surface area contributed by atoms with Crippen LogP contribution in [0.2, 0.25) is 0 Å². The molecule has 1 aliphatic rings. The highest BCUT2D eigenvalue weighted by Gasteiger charge is 2.22. The number of likely N-dealkylation sites (tertiary alicyclic amines) is 1. The second-order valence-electron chi connectivity index (χ2n) is 6.13. The van der Waals surface area contributed by atoms with Gasteiger partial charge in [0.2, 0.25) is 0 Å². The molecule has 1 unspecified atom stereocenters. The number of benzene rings is 1. The molecule has 116 valence electrons. The largest absolute Gasteiger partial charge is 0.384 e. The summed E-state index contributed by atoms with van der Waals surface area (Å²) in [6.45, 7) is 6.11. The SMILES string of the molecule is COCC1CCN(Cc2cnc(-c3cccc(C)c3)nc2)C1. The van der Waals surface area contributed by atoms with Crippen LogP contribution in [-0.4, -0.2) is 41.7 Å². The van der Waals surface area contributed by atoms with Crippen LogP contribution < -0.4 is 0 Å². The van der Waals surface area contributed by atoms with E-state index in [1.807, 2.05) is 18.5 Å². The topological polar surface area (TPSA) is 38.2 Å². The fraction of sp³-hybridized carbons (Fsp3) is 0.444. The molecular formula is C18H23N3O. The summed E-state index contributed by atoms with van der Waals surface area (Å²) in [6.07, 6.45) is 5.12. The van der Waals surface area contributed by atoms with E-state index in [-0.39, 0.29) is 0 Å². The van der Waals surface area contributed by atoms with Crippen LogP contribution in [0.4, 0.5) is 0 Å². The number of rotatable bonds is 5. The van der Waals surface area contributed by atoms with Gasteiger partial charge < -0.3 is 4.74 Å². The van der Waals surface area contributed by atoms with Gasteiger partial charge in [0.05, 0.1) is 6.61 Å². The van der Waals surface area contributed by atoms with Crippen LogP contribution in [0.3, 0.4) is 0 Å². The Hall–Kier alpha value is -1.78. The average Bonchev–Trinajstić information content (AvgIpc) is 2.96. The van der Waals surface area contributed by atoms with Crippen LogP contribution in [0.1, 0.15) is 17.5 Å². The zero-order valence-corrected chi connectivity index (χ0v) is 13.3. The lowest BCUT2D eigenvalue weighted by Crippen LogP contribution is -2.21. The third-order valence-electron chi connectivity index (χ3n) is 4.16. The molecule has 0 N–H and O–H groups in total. The summed E-state index contributed by atoms with van der Waals surface area (Å²) in [5.74, 6) is 1.46. The van der Waals surface area contributed by atoms with Crippen molar-refractivity contribution in [2.45, 2.75) is 19.9 Å². The first-order valence-corrected chi connectivity index (χ1v) is 7.84. The van der Waals surface area contributed by atoms with E-state index in [0.29, 0.717) is 5.92 Å². The maximum atomic E-state index is 5.25. The summed E-state index contributed by atoms with van der Waals surface area (Å²) in [7, 11) is 1.78. The summed E-state index contributed by atoms with van der Waals surface area (Å²) >= 11 is 0. The van der Waals surface area contributed by atoms with Crippen molar-refractivity contribution in [3.8, 4) is 11.4 Å². The van der Waals surface area contributed by atoms with Crippen molar-refractivity contribution in [3.63, 3.8) is 0 Å². The molecule has 2 aromatic rings. The molecule has 1 fully saturated rings. The number of methoxy groups -OCH3 is 1. The van der Waals surface area contributed by atoms with Crippen LogP contribution in [0.15, 0.2) is 36.7 Å². The molecule has 0 spiro atoms. The van der Waals surface area contributed by atoms with Crippen LogP contribution in [-0.2, 0) is 11.3 Å². The number of ether oxygens (including phenoxy) is 1. The third-order valence-corrected chi connectivity index (χ3v) is 4.16. The quantitative estimate of drug-likeness (QED) is 0.850. The van der Waals surface area contributed by atoms with Crippen LogP contribution >= 0.6 is 0 Å². The van der Waals surface area contributed by atoms with E-state index in [2.05, 4.69) is 40.0 Å². The number of hydrogen-bond acceptors (Lipinski definition) is 4. The fourth-order valence-electron chi connectivity index (χ4n) is 3.06. The summed E-state index contributed by atoms with van der Waals surface area (Å²) in [5.41, 5.74) is 3.48. The van der Waals surface area contributed by atoms with Gasteiger partial charge in [0, 0.05) is 43.7 Å². The van der Waals surface area contributed by atoms with E-state index in [1.54, 1.807) is 7.11 Å². The maximum absolute atomic E-state index is 5.25. The normalized spacial score (nSPS) is 18.7. The Balaban J connectivity index is 1.63. The van der Waals surface area contributed by atoms with Crippen molar-refractivity contribution in [2.75, 3.05) is 26.8 Å². The molecule has 0 bridgehead atoms. The Morgan fingerprint density at radius 1 is 1.27 bits per heavy atom. The first-order chi connectivity index (χ1) is 10.7. The Kier molecular flexibility index (Phi) is 4.80. The zero-order chi connectivity index (χ0) is 15.4. The van der Waals surface area contributed by atoms with Gasteiger partial charge in [-0.15, -0.1) is 0 Å². The van der Waals surface area contributed by atoms with E-state index in [0.717, 1.165) is 37.6 Å². The molecular weight excluding hydrogens is 274 g/mol. The first kappa shape index (κ1) is 15.1. The molecule has 1 aliphatic heterocycles. The van der Waals surface area contributed by atoms with Crippen molar-refractivity contribution >= 4 is 0 Å². The smallest absolute Gasteiger partial charge is 0.159 e. The summed E-state index contributed by atoms with van der Waals surface area (Å²) in [6, 6.07) is 8.30. The molecule has 1 saturated heterocycles. The minimum Gasteiger partial charge on any atom is -0.384 e. The van der Waals surface area contributed by atoms with Crippen molar-refractivity contribution in [3.05, 3.63) is 47.8 Å². The molecule has 0 amide bonds. The molecule has 1 aromatic carbocycles. The molecule has 4 heteroatoms. The van der Waals surface area contributed by atoms with Gasteiger partial charge in [-0.1, -0.05) is 23.8 Å². The van der Waals surface area contributed by atoms with Crippen LogP contribution in [0.5, 0.6) is 0 Å². The maximum Gasteiger partial charge on any atom is 0.159 e. The second kappa shape index (κ2) is 6.99. The lowest BCUT2D eigenvalue weighted by molar-refractivity contribution is 0.152. The zero-order valence-electron chi connectivity index (χ0n) is 13.3. The molecule has 1 atom stereocenters. The van der Waals surface area contributed by atoms with Gasteiger partial charge >= 0.3 is 0 Å². The monoisotopic (exact) mass is 297 g/mol. The van der Waals surface area contributed by atoms with Gasteiger partial charge in [-0.2, -0.15) is 0 Å². The van der Waals surface area contributed by atoms with Gasteiger partial charge in [-0.05, 0) is 31.9 Å². The minimum absolute atomic E-state index is 0.664. The molecule has 2 heterocycles. The predicted molar refractivity (Wildman–Crippen MR) is 87.5 cm³/mol. The number of hydrogen-bond donors (Lipinski definition) is 0. The van der Waals surface area contributed by atoms with E-state index >= 15 is 0 Å². The van der Waals surface area contributed by atoms with Crippen LogP contribution in [0, 0.1) is 12.8 Å². The highest BCUT2D eigenvalue weighted by atomic mass is 16.5. The minimum atomic E-state index is 0.664. The molecule has 1 aromatic heterocycles. The van der Waals surface area contributed by atoms with Gasteiger partial charge in [0.15, 0.2) is 5.82 Å². The second-order valence-corrected chi connectivity index (χ2v) is 6.13. The molecule has 0 saturated carbocycles. The van der Waals surface area contributed by atoms with E-state index in [9.17, 15) is 0 Å². The standard InChI is InChI=1S/C18H23N3O/c1-14-4-3-5-17(8-14)18-19-9-16(10-20-18)12-21-7-6-15(11-21)13-22-2/h3-5,8-10,15H,6-7,11-13H2,1-2H3. The van der Waals surface area contributed by atoms with Crippen molar-refractivity contribution in [2.24, 2.45) is 5.92 Å². The summed E-state index contributed by atoms with van der Waals surface area (Å²) in [4.78, 5) is 11.5. The Morgan fingerprint density at radius 2 is 2.09 bits per heavy atom. The highest BCUT2D eigenvalue weighted by molar-refractivity contribution is 5.55. The third kappa shape index (κ3) is 3.70. The molecule has 0 aliphatic carbocycles. The van der Waals surface area contributed by atoms with Crippen molar-refractivity contribution in [1.82, 2.24) is 14.9 Å². The lowest BCUT2D eigenvalue weighted by Gasteiger charge is -2.15. The van der Waals surface area contributed by atoms with Gasteiger partial charge in [0.1, 0.15) is 0 Å². The number of aromatic nitrogens is 2. The Bertz CT molecular complexity index is 612.